The number of imide groups is 1. The Morgan fingerprint density at radius 3 is 2.19 bits per heavy atom. The first kappa shape index (κ1) is 16.8. The molecule has 0 bridgehead atoms. The van der Waals surface area contributed by atoms with Gasteiger partial charge < -0.3 is 14.9 Å². The number of thiophene rings is 1. The lowest BCUT2D eigenvalue weighted by Crippen LogP contribution is -2.44. The standard InChI is InChI=1S/C19H19N3O3S/c1-20-8-10-21(11-9-20)13-4-6-14(7-5-13)22-18(24)16(17(23)19(22)25)15-3-2-12-26-15/h2-7,12,23H,8-11H2,1H3. The van der Waals surface area contributed by atoms with Crippen LogP contribution in [0.2, 0.25) is 0 Å². The van der Waals surface area contributed by atoms with Crippen molar-refractivity contribution < 1.29 is 14.7 Å². The molecule has 2 aliphatic heterocycles. The molecule has 0 spiro atoms. The van der Waals surface area contributed by atoms with Crippen molar-refractivity contribution in [1.82, 2.24) is 4.90 Å². The fraction of sp³-hybridized carbons (Fsp3) is 0.263. The Balaban J connectivity index is 1.57. The maximum absolute atomic E-state index is 12.7. The monoisotopic (exact) mass is 369 g/mol. The SMILES string of the molecule is CN1CCN(c2ccc(N3C(=O)C(O)=C(c4cccs4)C3=O)cc2)CC1. The van der Waals surface area contributed by atoms with E-state index in [4.69, 9.17) is 0 Å². The fourth-order valence-electron chi connectivity index (χ4n) is 3.27. The minimum absolute atomic E-state index is 0.0770. The average Bonchev–Trinajstić information content (AvgIpc) is 3.24. The molecule has 0 saturated carbocycles. The maximum Gasteiger partial charge on any atom is 0.301 e. The van der Waals surface area contributed by atoms with Gasteiger partial charge in [0.2, 0.25) is 0 Å². The van der Waals surface area contributed by atoms with Gasteiger partial charge in [-0.15, -0.1) is 11.3 Å². The Labute approximate surface area is 155 Å². The average molecular weight is 369 g/mol. The van der Waals surface area contributed by atoms with Crippen LogP contribution >= 0.6 is 11.3 Å². The van der Waals surface area contributed by atoms with Gasteiger partial charge in [0.05, 0.1) is 5.69 Å². The smallest absolute Gasteiger partial charge is 0.301 e. The summed E-state index contributed by atoms with van der Waals surface area (Å²) in [6.07, 6.45) is 0. The van der Waals surface area contributed by atoms with Crippen LogP contribution in [0.1, 0.15) is 4.88 Å². The van der Waals surface area contributed by atoms with E-state index in [0.717, 1.165) is 36.8 Å². The van der Waals surface area contributed by atoms with Gasteiger partial charge in [-0.3, -0.25) is 9.59 Å². The second-order valence-electron chi connectivity index (χ2n) is 6.45. The third kappa shape index (κ3) is 2.79. The van der Waals surface area contributed by atoms with Gasteiger partial charge in [-0.05, 0) is 42.8 Å². The summed E-state index contributed by atoms with van der Waals surface area (Å²) in [5, 5.41) is 12.0. The predicted molar refractivity (Wildman–Crippen MR) is 103 cm³/mol. The van der Waals surface area contributed by atoms with Crippen LogP contribution in [0, 0.1) is 0 Å². The van der Waals surface area contributed by atoms with E-state index in [1.54, 1.807) is 29.6 Å². The Bertz CT molecular complexity index is 866. The van der Waals surface area contributed by atoms with E-state index in [-0.39, 0.29) is 5.57 Å². The zero-order chi connectivity index (χ0) is 18.3. The summed E-state index contributed by atoms with van der Waals surface area (Å²) in [5.41, 5.74) is 1.61. The third-order valence-corrected chi connectivity index (χ3v) is 5.69. The summed E-state index contributed by atoms with van der Waals surface area (Å²) >= 11 is 1.32. The molecule has 0 radical (unpaired) electrons. The van der Waals surface area contributed by atoms with Gasteiger partial charge in [-0.1, -0.05) is 6.07 Å². The quantitative estimate of drug-likeness (QED) is 0.842. The van der Waals surface area contributed by atoms with Gasteiger partial charge in [-0.2, -0.15) is 0 Å². The maximum atomic E-state index is 12.7. The number of hydrogen-bond acceptors (Lipinski definition) is 6. The van der Waals surface area contributed by atoms with Crippen molar-refractivity contribution >= 4 is 40.1 Å². The molecule has 4 rings (SSSR count). The minimum atomic E-state index is -0.675. The first-order valence-electron chi connectivity index (χ1n) is 8.45. The zero-order valence-electron chi connectivity index (χ0n) is 14.4. The molecule has 1 aromatic heterocycles. The molecule has 2 aromatic rings. The highest BCUT2D eigenvalue weighted by molar-refractivity contribution is 7.11. The summed E-state index contributed by atoms with van der Waals surface area (Å²) in [4.78, 5) is 31.4. The van der Waals surface area contributed by atoms with Crippen LogP contribution in [0.3, 0.4) is 0 Å². The Morgan fingerprint density at radius 2 is 1.58 bits per heavy atom. The number of carbonyl (C=O) groups excluding carboxylic acids is 2. The lowest BCUT2D eigenvalue weighted by Gasteiger charge is -2.34. The van der Waals surface area contributed by atoms with Gasteiger partial charge in [-0.25, -0.2) is 4.90 Å². The van der Waals surface area contributed by atoms with Crippen LogP contribution in [0.25, 0.3) is 5.57 Å². The number of aliphatic hydroxyl groups excluding tert-OH is 1. The van der Waals surface area contributed by atoms with Crippen LogP contribution in [-0.4, -0.2) is 55.0 Å². The topological polar surface area (TPSA) is 64.1 Å². The summed E-state index contributed by atoms with van der Waals surface area (Å²) in [5.74, 6) is -1.64. The van der Waals surface area contributed by atoms with E-state index in [1.807, 2.05) is 12.1 Å². The first-order chi connectivity index (χ1) is 12.6. The van der Waals surface area contributed by atoms with Crippen LogP contribution in [0.4, 0.5) is 11.4 Å². The van der Waals surface area contributed by atoms with Crippen molar-refractivity contribution in [3.8, 4) is 0 Å². The molecule has 1 saturated heterocycles. The number of carbonyl (C=O) groups is 2. The third-order valence-electron chi connectivity index (χ3n) is 4.80. The van der Waals surface area contributed by atoms with Gasteiger partial charge >= 0.3 is 5.91 Å². The van der Waals surface area contributed by atoms with Crippen molar-refractivity contribution in [3.05, 3.63) is 52.4 Å². The van der Waals surface area contributed by atoms with Crippen LogP contribution in [0.5, 0.6) is 0 Å². The molecule has 6 nitrogen and oxygen atoms in total. The highest BCUT2D eigenvalue weighted by Crippen LogP contribution is 2.34. The van der Waals surface area contributed by atoms with E-state index in [1.165, 1.54) is 11.3 Å². The van der Waals surface area contributed by atoms with Crippen molar-refractivity contribution in [1.29, 1.82) is 0 Å². The number of likely N-dealkylation sites (N-methyl/N-ethyl adjacent to an activating group) is 1. The van der Waals surface area contributed by atoms with Crippen LogP contribution < -0.4 is 9.80 Å². The molecule has 1 fully saturated rings. The van der Waals surface area contributed by atoms with Crippen molar-refractivity contribution in [2.45, 2.75) is 0 Å². The van der Waals surface area contributed by atoms with Gasteiger partial charge in [0.15, 0.2) is 5.76 Å². The molecule has 0 atom stereocenters. The van der Waals surface area contributed by atoms with Crippen LogP contribution in [0.15, 0.2) is 47.5 Å². The molecule has 26 heavy (non-hydrogen) atoms. The second kappa shape index (κ2) is 6.59. The number of hydrogen-bond donors (Lipinski definition) is 1. The molecule has 0 unspecified atom stereocenters. The lowest BCUT2D eigenvalue weighted by molar-refractivity contribution is -0.121. The van der Waals surface area contributed by atoms with E-state index >= 15 is 0 Å². The molecule has 134 valence electrons. The molecule has 2 aliphatic rings. The number of aliphatic hydroxyl groups is 1. The molecular formula is C19H19N3O3S. The number of anilines is 2. The Hall–Kier alpha value is -2.64. The van der Waals surface area contributed by atoms with Gasteiger partial charge in [0.25, 0.3) is 5.91 Å². The first-order valence-corrected chi connectivity index (χ1v) is 9.33. The number of piperazine rings is 1. The second-order valence-corrected chi connectivity index (χ2v) is 7.40. The van der Waals surface area contributed by atoms with E-state index in [0.29, 0.717) is 10.6 Å². The Morgan fingerprint density at radius 1 is 0.923 bits per heavy atom. The van der Waals surface area contributed by atoms with Crippen LogP contribution in [-0.2, 0) is 9.59 Å². The van der Waals surface area contributed by atoms with Gasteiger partial charge in [0.1, 0.15) is 5.57 Å². The van der Waals surface area contributed by atoms with Crippen molar-refractivity contribution in [2.75, 3.05) is 43.0 Å². The normalized spacial score (nSPS) is 19.0. The van der Waals surface area contributed by atoms with Crippen molar-refractivity contribution in [2.24, 2.45) is 0 Å². The number of nitrogens with zero attached hydrogens (tertiary/aromatic N) is 3. The lowest BCUT2D eigenvalue weighted by atomic mass is 10.2. The summed E-state index contributed by atoms with van der Waals surface area (Å²) in [6.45, 7) is 3.91. The number of benzene rings is 1. The van der Waals surface area contributed by atoms with Crippen molar-refractivity contribution in [3.63, 3.8) is 0 Å². The fourth-order valence-corrected chi connectivity index (χ4v) is 4.04. The summed E-state index contributed by atoms with van der Waals surface area (Å²) in [7, 11) is 2.11. The number of rotatable bonds is 3. The highest BCUT2D eigenvalue weighted by atomic mass is 32.1. The molecule has 1 aromatic carbocycles. The van der Waals surface area contributed by atoms with Gasteiger partial charge in [0, 0.05) is 36.7 Å². The van der Waals surface area contributed by atoms with E-state index in [9.17, 15) is 14.7 Å². The molecule has 0 aliphatic carbocycles. The highest BCUT2D eigenvalue weighted by Gasteiger charge is 2.40. The van der Waals surface area contributed by atoms with E-state index < -0.39 is 17.6 Å². The zero-order valence-corrected chi connectivity index (χ0v) is 15.2. The summed E-state index contributed by atoms with van der Waals surface area (Å²) in [6, 6.07) is 10.9. The molecule has 3 heterocycles. The predicted octanol–water partition coefficient (Wildman–Crippen LogP) is 2.34. The summed E-state index contributed by atoms with van der Waals surface area (Å²) < 4.78 is 0. The Kier molecular flexibility index (Phi) is 4.26. The molecule has 7 heteroatoms. The minimum Gasteiger partial charge on any atom is -0.502 e. The molecular weight excluding hydrogens is 350 g/mol. The molecule has 2 amide bonds. The van der Waals surface area contributed by atoms with E-state index in [2.05, 4.69) is 16.8 Å². The molecule has 1 N–H and O–H groups in total. The largest absolute Gasteiger partial charge is 0.502 e. The number of amides is 2.